The molecule has 0 bridgehead atoms. The van der Waals surface area contributed by atoms with E-state index >= 15 is 0 Å². The molecular weight excluding hydrogens is 472 g/mol. The first-order chi connectivity index (χ1) is 17.9. The molecule has 1 unspecified atom stereocenters. The molecule has 1 spiro atoms. The first-order valence-corrected chi connectivity index (χ1v) is 13.3. The molecule has 1 aromatic heterocycles. The van der Waals surface area contributed by atoms with Crippen LogP contribution < -0.4 is 4.90 Å². The predicted octanol–water partition coefficient (Wildman–Crippen LogP) is 5.50. The third-order valence-corrected chi connectivity index (χ3v) is 8.72. The van der Waals surface area contributed by atoms with Gasteiger partial charge in [-0.2, -0.15) is 0 Å². The normalized spacial score (nSPS) is 25.1. The minimum absolute atomic E-state index is 0.121. The van der Waals surface area contributed by atoms with Gasteiger partial charge < -0.3 is 19.3 Å². The first-order valence-electron chi connectivity index (χ1n) is 13.3. The van der Waals surface area contributed by atoms with Gasteiger partial charge in [0.1, 0.15) is 11.6 Å². The molecule has 7 heteroatoms. The van der Waals surface area contributed by atoms with Crippen LogP contribution in [0.4, 0.5) is 14.8 Å². The fourth-order valence-electron chi connectivity index (χ4n) is 6.57. The number of benzene rings is 2. The Labute approximate surface area is 216 Å². The second kappa shape index (κ2) is 9.69. The van der Waals surface area contributed by atoms with E-state index in [4.69, 9.17) is 4.42 Å². The van der Waals surface area contributed by atoms with Crippen LogP contribution in [0.25, 0.3) is 17.4 Å². The highest BCUT2D eigenvalue weighted by molar-refractivity contribution is 5.65. The minimum atomic E-state index is -0.648. The van der Waals surface area contributed by atoms with Crippen LogP contribution in [0.15, 0.2) is 59.2 Å². The summed E-state index contributed by atoms with van der Waals surface area (Å²) in [6.07, 6.45) is 8.59. The van der Waals surface area contributed by atoms with E-state index in [9.17, 15) is 13.9 Å². The Morgan fingerprint density at radius 1 is 1.11 bits per heavy atom. The van der Waals surface area contributed by atoms with Gasteiger partial charge in [0.05, 0.1) is 12.3 Å². The predicted molar refractivity (Wildman–Crippen MR) is 140 cm³/mol. The van der Waals surface area contributed by atoms with Crippen molar-refractivity contribution >= 4 is 12.1 Å². The number of aromatic nitrogens is 1. The molecule has 1 aliphatic carbocycles. The standard InChI is InChI=1S/C30H33F2N3O2/c1-20-18-34(13-10-30(20)9-6-21-4-2-3-5-26(21)30)19-27(36)22-7-11-35(12-8-22)29-33-17-28(37-29)23-14-24(31)16-25(32)15-23/h2-6,9,14-17,20,22,27,36H,7-8,10-13,18-19H2,1H3/t20?,27-,30-/m0/s1. The highest BCUT2D eigenvalue weighted by Gasteiger charge is 2.43. The fraction of sp³-hybridized carbons (Fsp3) is 0.433. The van der Waals surface area contributed by atoms with Crippen LogP contribution in [0.3, 0.4) is 0 Å². The largest absolute Gasteiger partial charge is 0.423 e. The summed E-state index contributed by atoms with van der Waals surface area (Å²) in [6, 6.07) is 12.5. The number of likely N-dealkylation sites (tertiary alicyclic amines) is 1. The number of hydrogen-bond acceptors (Lipinski definition) is 5. The van der Waals surface area contributed by atoms with Crippen LogP contribution in [0.1, 0.15) is 37.3 Å². The van der Waals surface area contributed by atoms with Crippen molar-refractivity contribution in [2.45, 2.75) is 37.7 Å². The molecule has 6 rings (SSSR count). The Kier molecular flexibility index (Phi) is 6.37. The lowest BCUT2D eigenvalue weighted by atomic mass is 9.68. The lowest BCUT2D eigenvalue weighted by Crippen LogP contribution is -2.50. The third kappa shape index (κ3) is 4.59. The summed E-state index contributed by atoms with van der Waals surface area (Å²) in [5.74, 6) is -0.245. The zero-order valence-corrected chi connectivity index (χ0v) is 21.1. The number of aliphatic hydroxyl groups excluding tert-OH is 1. The summed E-state index contributed by atoms with van der Waals surface area (Å²) in [6.45, 7) is 6.45. The van der Waals surface area contributed by atoms with Crippen LogP contribution in [0, 0.1) is 23.5 Å². The van der Waals surface area contributed by atoms with Gasteiger partial charge in [0.15, 0.2) is 5.76 Å². The van der Waals surface area contributed by atoms with E-state index in [-0.39, 0.29) is 17.4 Å². The van der Waals surface area contributed by atoms with Crippen LogP contribution >= 0.6 is 0 Å². The molecule has 2 fully saturated rings. The zero-order valence-electron chi connectivity index (χ0n) is 21.1. The smallest absolute Gasteiger partial charge is 0.297 e. The lowest BCUT2D eigenvalue weighted by Gasteiger charge is -2.45. The average molecular weight is 506 g/mol. The fourth-order valence-corrected chi connectivity index (χ4v) is 6.57. The second-order valence-corrected chi connectivity index (χ2v) is 10.9. The van der Waals surface area contributed by atoms with E-state index in [1.54, 1.807) is 0 Å². The van der Waals surface area contributed by atoms with E-state index in [1.807, 2.05) is 4.90 Å². The average Bonchev–Trinajstić information content (AvgIpc) is 3.53. The molecule has 3 atom stereocenters. The van der Waals surface area contributed by atoms with Gasteiger partial charge in [-0.3, -0.25) is 0 Å². The second-order valence-electron chi connectivity index (χ2n) is 10.9. The number of nitrogens with zero attached hydrogens (tertiary/aromatic N) is 3. The summed E-state index contributed by atoms with van der Waals surface area (Å²) in [5, 5.41) is 11.1. The molecule has 0 radical (unpaired) electrons. The maximum Gasteiger partial charge on any atom is 0.297 e. The maximum absolute atomic E-state index is 13.6. The van der Waals surface area contributed by atoms with Crippen LogP contribution in [-0.4, -0.2) is 53.8 Å². The first kappa shape index (κ1) is 24.3. The van der Waals surface area contributed by atoms with Gasteiger partial charge in [0, 0.05) is 43.2 Å². The number of β-amino-alcohol motifs (C(OH)–C–C–N with tert-alkyl or cyclic N) is 1. The summed E-state index contributed by atoms with van der Waals surface area (Å²) in [4.78, 5) is 8.81. The number of halogens is 2. The molecule has 5 nitrogen and oxygen atoms in total. The number of anilines is 1. The van der Waals surface area contributed by atoms with Crippen molar-refractivity contribution < 1.29 is 18.3 Å². The molecular formula is C30H33F2N3O2. The van der Waals surface area contributed by atoms with E-state index in [0.717, 1.165) is 51.5 Å². The Morgan fingerprint density at radius 3 is 2.62 bits per heavy atom. The monoisotopic (exact) mass is 505 g/mol. The van der Waals surface area contributed by atoms with Gasteiger partial charge >= 0.3 is 0 Å². The van der Waals surface area contributed by atoms with Crippen molar-refractivity contribution in [3.8, 4) is 11.3 Å². The zero-order chi connectivity index (χ0) is 25.6. The molecule has 37 heavy (non-hydrogen) atoms. The van der Waals surface area contributed by atoms with Crippen molar-refractivity contribution in [3.05, 3.63) is 77.5 Å². The van der Waals surface area contributed by atoms with Crippen molar-refractivity contribution in [2.24, 2.45) is 11.8 Å². The Morgan fingerprint density at radius 2 is 1.86 bits per heavy atom. The Balaban J connectivity index is 1.03. The SMILES string of the molecule is CC1CN(C[C@H](O)C2CCN(c3ncc(-c4cc(F)cc(F)c4)o3)CC2)CC[C@@]12C=Cc1ccccc12. The summed E-state index contributed by atoms with van der Waals surface area (Å²) < 4.78 is 33.0. The quantitative estimate of drug-likeness (QED) is 0.496. The number of allylic oxidation sites excluding steroid dienone is 1. The molecule has 0 saturated carbocycles. The molecule has 3 heterocycles. The summed E-state index contributed by atoms with van der Waals surface area (Å²) >= 11 is 0. The van der Waals surface area contributed by atoms with E-state index in [0.29, 0.717) is 29.8 Å². The highest BCUT2D eigenvalue weighted by Crippen LogP contribution is 2.46. The van der Waals surface area contributed by atoms with Gasteiger partial charge in [-0.05, 0) is 60.9 Å². The van der Waals surface area contributed by atoms with Gasteiger partial charge in [0.2, 0.25) is 0 Å². The van der Waals surface area contributed by atoms with E-state index < -0.39 is 11.6 Å². The molecule has 1 N–H and O–H groups in total. The summed E-state index contributed by atoms with van der Waals surface area (Å²) in [5.41, 5.74) is 3.24. The molecule has 2 saturated heterocycles. The molecule has 3 aromatic rings. The number of hydrogen-bond donors (Lipinski definition) is 1. The Hall–Kier alpha value is -3.03. The third-order valence-electron chi connectivity index (χ3n) is 8.72. The lowest BCUT2D eigenvalue weighted by molar-refractivity contribution is 0.0285. The van der Waals surface area contributed by atoms with E-state index in [2.05, 4.69) is 53.2 Å². The van der Waals surface area contributed by atoms with Gasteiger partial charge in [-0.15, -0.1) is 0 Å². The number of piperidine rings is 2. The van der Waals surface area contributed by atoms with Crippen LogP contribution in [0.5, 0.6) is 0 Å². The topological polar surface area (TPSA) is 52.7 Å². The van der Waals surface area contributed by atoms with Crippen molar-refractivity contribution in [1.29, 1.82) is 0 Å². The Bertz CT molecular complexity index is 1280. The van der Waals surface area contributed by atoms with Crippen LogP contribution in [-0.2, 0) is 5.41 Å². The minimum Gasteiger partial charge on any atom is -0.423 e. The van der Waals surface area contributed by atoms with Crippen molar-refractivity contribution in [3.63, 3.8) is 0 Å². The van der Waals surface area contributed by atoms with Gasteiger partial charge in [-0.25, -0.2) is 13.8 Å². The molecule has 2 aromatic carbocycles. The molecule has 3 aliphatic rings. The van der Waals surface area contributed by atoms with E-state index in [1.165, 1.54) is 29.5 Å². The highest BCUT2D eigenvalue weighted by atomic mass is 19.1. The molecule has 2 aliphatic heterocycles. The van der Waals surface area contributed by atoms with Gasteiger partial charge in [-0.1, -0.05) is 43.3 Å². The number of aliphatic hydroxyl groups is 1. The van der Waals surface area contributed by atoms with Gasteiger partial charge in [0.25, 0.3) is 6.01 Å². The maximum atomic E-state index is 13.6. The summed E-state index contributed by atoms with van der Waals surface area (Å²) in [7, 11) is 0. The van der Waals surface area contributed by atoms with Crippen molar-refractivity contribution in [2.75, 3.05) is 37.6 Å². The van der Waals surface area contributed by atoms with Crippen molar-refractivity contribution in [1.82, 2.24) is 9.88 Å². The number of fused-ring (bicyclic) bond motifs is 2. The number of rotatable bonds is 5. The van der Waals surface area contributed by atoms with Crippen LogP contribution in [0.2, 0.25) is 0 Å². The number of oxazole rings is 1. The molecule has 0 amide bonds. The molecule has 194 valence electrons.